The molecule has 0 spiro atoms. The van der Waals surface area contributed by atoms with E-state index in [2.05, 4.69) is 15.0 Å². The van der Waals surface area contributed by atoms with Crippen LogP contribution in [0.25, 0.3) is 11.0 Å². The number of H-pyrrole nitrogens is 1. The number of Topliss-reactive ketones (excluding diaryl/α,β-unsaturated/α-hetero) is 1. The molecule has 1 fully saturated rings. The molecule has 2 aromatic rings. The second-order valence-electron chi connectivity index (χ2n) is 6.88. The van der Waals surface area contributed by atoms with Crippen molar-refractivity contribution in [2.75, 3.05) is 25.1 Å². The summed E-state index contributed by atoms with van der Waals surface area (Å²) in [6.45, 7) is 0.859. The first kappa shape index (κ1) is 20.4. The Labute approximate surface area is 157 Å². The molecule has 6 nitrogen and oxygen atoms in total. The van der Waals surface area contributed by atoms with Gasteiger partial charge in [0.1, 0.15) is 17.8 Å². The minimum atomic E-state index is -5.64. The maximum atomic E-state index is 13.1. The predicted octanol–water partition coefficient (Wildman–Crippen LogP) is 3.57. The minimum absolute atomic E-state index is 0.239. The molecule has 1 saturated heterocycles. The summed E-state index contributed by atoms with van der Waals surface area (Å²) >= 11 is 0. The van der Waals surface area contributed by atoms with Gasteiger partial charge >= 0.3 is 12.1 Å². The number of piperidine rings is 1. The Bertz CT molecular complexity index is 837. The fraction of sp³-hybridized carbons (Fsp3) is 0.588. The van der Waals surface area contributed by atoms with E-state index >= 15 is 0 Å². The molecule has 1 N–H and O–H groups in total. The number of aromatic nitrogens is 3. The van der Waals surface area contributed by atoms with E-state index in [-0.39, 0.29) is 6.54 Å². The summed E-state index contributed by atoms with van der Waals surface area (Å²) in [5.41, 5.74) is 0.649. The molecule has 3 heterocycles. The van der Waals surface area contributed by atoms with Crippen molar-refractivity contribution in [2.24, 2.45) is 5.92 Å². The van der Waals surface area contributed by atoms with E-state index < -0.39 is 36.6 Å². The lowest BCUT2D eigenvalue weighted by atomic mass is 9.91. The summed E-state index contributed by atoms with van der Waals surface area (Å²) in [7, 11) is 1.76. The van der Waals surface area contributed by atoms with Gasteiger partial charge in [0.2, 0.25) is 0 Å². The molecule has 0 bridgehead atoms. The lowest BCUT2D eigenvalue weighted by molar-refractivity contribution is -0.284. The number of nitrogens with zero attached hydrogens (tertiary/aromatic N) is 4. The minimum Gasteiger partial charge on any atom is -0.346 e. The van der Waals surface area contributed by atoms with E-state index in [1.807, 2.05) is 11.1 Å². The molecule has 3 rings (SSSR count). The number of fused-ring (bicyclic) bond motifs is 1. The van der Waals surface area contributed by atoms with E-state index in [0.29, 0.717) is 30.9 Å². The zero-order valence-electron chi connectivity index (χ0n) is 15.1. The van der Waals surface area contributed by atoms with E-state index in [0.717, 1.165) is 5.39 Å². The number of rotatable bonds is 6. The summed E-state index contributed by atoms with van der Waals surface area (Å²) < 4.78 is 63.1. The highest BCUT2D eigenvalue weighted by molar-refractivity contribution is 5.87. The van der Waals surface area contributed by atoms with Crippen LogP contribution < -0.4 is 5.01 Å². The first-order valence-corrected chi connectivity index (χ1v) is 8.84. The first-order chi connectivity index (χ1) is 13.1. The maximum Gasteiger partial charge on any atom is 0.453 e. The Morgan fingerprint density at radius 3 is 2.79 bits per heavy atom. The third kappa shape index (κ3) is 4.08. The number of hydrogen-bond donors (Lipinski definition) is 1. The molecule has 1 unspecified atom stereocenters. The Morgan fingerprint density at radius 2 is 2.07 bits per heavy atom. The number of nitrogens with one attached hydrogen (secondary N) is 1. The molecule has 0 amide bonds. The van der Waals surface area contributed by atoms with Crippen LogP contribution in [-0.2, 0) is 4.79 Å². The van der Waals surface area contributed by atoms with E-state index in [1.54, 1.807) is 18.3 Å². The number of carbonyl (C=O) groups is 1. The number of halogens is 5. The van der Waals surface area contributed by atoms with Crippen LogP contribution in [0.3, 0.4) is 0 Å². The van der Waals surface area contributed by atoms with Crippen LogP contribution in [-0.4, -0.2) is 58.0 Å². The van der Waals surface area contributed by atoms with Gasteiger partial charge in [0, 0.05) is 45.1 Å². The SMILES string of the molecule is CN(c1ncnc2[nH]ccc12)N1CCCC(C(=O)CCC(F)(F)C(F)(F)F)C1. The number of carbonyl (C=O) groups excluding carboxylic acids is 1. The molecule has 2 aromatic heterocycles. The van der Waals surface area contributed by atoms with Crippen LogP contribution in [0.4, 0.5) is 27.8 Å². The molecule has 0 radical (unpaired) electrons. The highest BCUT2D eigenvalue weighted by Crippen LogP contribution is 2.39. The van der Waals surface area contributed by atoms with Gasteiger partial charge in [-0.15, -0.1) is 0 Å². The van der Waals surface area contributed by atoms with Gasteiger partial charge in [0.25, 0.3) is 0 Å². The molecule has 28 heavy (non-hydrogen) atoms. The van der Waals surface area contributed by atoms with Crippen molar-refractivity contribution in [2.45, 2.75) is 37.8 Å². The van der Waals surface area contributed by atoms with Crippen LogP contribution in [0.2, 0.25) is 0 Å². The normalized spacial score (nSPS) is 19.1. The predicted molar refractivity (Wildman–Crippen MR) is 91.8 cm³/mol. The monoisotopic (exact) mass is 405 g/mol. The number of hydrogen-bond acceptors (Lipinski definition) is 5. The Balaban J connectivity index is 1.65. The molecular weight excluding hydrogens is 385 g/mol. The number of aromatic amines is 1. The fourth-order valence-corrected chi connectivity index (χ4v) is 3.37. The quantitative estimate of drug-likeness (QED) is 0.745. The van der Waals surface area contributed by atoms with Crippen molar-refractivity contribution in [1.82, 2.24) is 20.0 Å². The third-order valence-electron chi connectivity index (χ3n) is 5.02. The molecule has 0 aliphatic carbocycles. The summed E-state index contributed by atoms with van der Waals surface area (Å²) in [4.78, 5) is 23.6. The highest BCUT2D eigenvalue weighted by Gasteiger charge is 2.57. The number of hydrazine groups is 1. The molecule has 1 atom stereocenters. The fourth-order valence-electron chi connectivity index (χ4n) is 3.37. The van der Waals surface area contributed by atoms with Gasteiger partial charge in [-0.1, -0.05) is 0 Å². The van der Waals surface area contributed by atoms with Crippen LogP contribution in [0.15, 0.2) is 18.6 Å². The van der Waals surface area contributed by atoms with Crippen molar-refractivity contribution in [3.8, 4) is 0 Å². The molecule has 1 aliphatic heterocycles. The second kappa shape index (κ2) is 7.61. The molecular formula is C17H20F5N5O. The van der Waals surface area contributed by atoms with E-state index in [4.69, 9.17) is 0 Å². The van der Waals surface area contributed by atoms with Crippen molar-refractivity contribution in [3.63, 3.8) is 0 Å². The van der Waals surface area contributed by atoms with Crippen LogP contribution in [0, 0.1) is 5.92 Å². The molecule has 0 aromatic carbocycles. The summed E-state index contributed by atoms with van der Waals surface area (Å²) in [6.07, 6.45) is -3.75. The summed E-state index contributed by atoms with van der Waals surface area (Å²) in [5, 5.41) is 4.40. The maximum absolute atomic E-state index is 13.1. The summed E-state index contributed by atoms with van der Waals surface area (Å²) in [6, 6.07) is 1.81. The zero-order valence-corrected chi connectivity index (χ0v) is 15.1. The average Bonchev–Trinajstić information content (AvgIpc) is 3.13. The van der Waals surface area contributed by atoms with Crippen LogP contribution in [0.1, 0.15) is 25.7 Å². The van der Waals surface area contributed by atoms with Gasteiger partial charge in [-0.3, -0.25) is 9.80 Å². The smallest absolute Gasteiger partial charge is 0.346 e. The third-order valence-corrected chi connectivity index (χ3v) is 5.02. The Hall–Kier alpha value is -2.30. The van der Waals surface area contributed by atoms with Gasteiger partial charge in [0.15, 0.2) is 5.82 Å². The summed E-state index contributed by atoms with van der Waals surface area (Å²) in [5.74, 6) is -5.41. The molecule has 11 heteroatoms. The highest BCUT2D eigenvalue weighted by atomic mass is 19.4. The topological polar surface area (TPSA) is 65.1 Å². The van der Waals surface area contributed by atoms with Crippen molar-refractivity contribution >= 4 is 22.6 Å². The molecule has 154 valence electrons. The second-order valence-corrected chi connectivity index (χ2v) is 6.88. The largest absolute Gasteiger partial charge is 0.453 e. The van der Waals surface area contributed by atoms with Crippen LogP contribution in [0.5, 0.6) is 0 Å². The van der Waals surface area contributed by atoms with Crippen molar-refractivity contribution in [1.29, 1.82) is 0 Å². The Morgan fingerprint density at radius 1 is 1.32 bits per heavy atom. The number of alkyl halides is 5. The van der Waals surface area contributed by atoms with Gasteiger partial charge in [0.05, 0.1) is 5.39 Å². The average molecular weight is 405 g/mol. The van der Waals surface area contributed by atoms with Crippen LogP contribution >= 0.6 is 0 Å². The lowest BCUT2D eigenvalue weighted by Crippen LogP contribution is -2.48. The standard InChI is InChI=1S/C17H20F5N5O/c1-26(15-12-5-7-23-14(12)24-10-25-15)27-8-2-3-11(9-27)13(28)4-6-16(18,19)17(20,21)22/h5,7,10-11H,2-4,6,8-9H2,1H3,(H,23,24,25). The van der Waals surface area contributed by atoms with Gasteiger partial charge in [-0.05, 0) is 18.9 Å². The van der Waals surface area contributed by atoms with Crippen molar-refractivity contribution < 1.29 is 26.7 Å². The Kier molecular flexibility index (Phi) is 5.55. The van der Waals surface area contributed by atoms with E-state index in [1.165, 1.54) is 6.33 Å². The van der Waals surface area contributed by atoms with Gasteiger partial charge in [-0.25, -0.2) is 15.0 Å². The zero-order chi connectivity index (χ0) is 20.5. The number of ketones is 1. The number of anilines is 1. The van der Waals surface area contributed by atoms with Gasteiger partial charge < -0.3 is 4.98 Å². The molecule has 1 aliphatic rings. The van der Waals surface area contributed by atoms with Gasteiger partial charge in [-0.2, -0.15) is 22.0 Å². The van der Waals surface area contributed by atoms with E-state index in [9.17, 15) is 26.7 Å². The first-order valence-electron chi connectivity index (χ1n) is 8.84. The van der Waals surface area contributed by atoms with Crippen molar-refractivity contribution in [3.05, 3.63) is 18.6 Å². The molecule has 0 saturated carbocycles. The lowest BCUT2D eigenvalue weighted by Gasteiger charge is -2.38.